The van der Waals surface area contributed by atoms with E-state index >= 15 is 0 Å². The van der Waals surface area contributed by atoms with Crippen LogP contribution in [0.1, 0.15) is 43.0 Å². The van der Waals surface area contributed by atoms with Crippen LogP contribution in [0, 0.1) is 5.82 Å². The summed E-state index contributed by atoms with van der Waals surface area (Å²) in [5.74, 6) is -0.962. The minimum atomic E-state index is -1.04. The number of halogens is 1. The van der Waals surface area contributed by atoms with Crippen LogP contribution < -0.4 is 10.6 Å². The average Bonchev–Trinajstić information content (AvgIpc) is 2.68. The lowest BCUT2D eigenvalue weighted by atomic mass is 9.90. The van der Waals surface area contributed by atoms with E-state index in [2.05, 4.69) is 15.6 Å². The molecule has 0 spiro atoms. The normalized spacial score (nSPS) is 20.2. The zero-order valence-corrected chi connectivity index (χ0v) is 15.7. The molecule has 0 unspecified atom stereocenters. The van der Waals surface area contributed by atoms with Crippen LogP contribution in [0.5, 0.6) is 0 Å². The van der Waals surface area contributed by atoms with Crippen LogP contribution in [0.2, 0.25) is 0 Å². The summed E-state index contributed by atoms with van der Waals surface area (Å²) >= 11 is 0. The molecule has 0 radical (unpaired) electrons. The van der Waals surface area contributed by atoms with E-state index in [9.17, 15) is 19.1 Å². The predicted molar refractivity (Wildman–Crippen MR) is 103 cm³/mol. The number of pyridine rings is 1. The van der Waals surface area contributed by atoms with Crippen LogP contribution in [-0.4, -0.2) is 40.1 Å². The van der Waals surface area contributed by atoms with E-state index in [1.54, 1.807) is 24.3 Å². The first-order valence-corrected chi connectivity index (χ1v) is 9.43. The molecule has 1 heterocycles. The van der Waals surface area contributed by atoms with Crippen molar-refractivity contribution in [3.05, 3.63) is 54.0 Å². The molecule has 1 aromatic carbocycles. The Morgan fingerprint density at radius 1 is 1.18 bits per heavy atom. The Hall–Kier alpha value is -2.80. The summed E-state index contributed by atoms with van der Waals surface area (Å²) in [4.78, 5) is 28.4. The van der Waals surface area contributed by atoms with Crippen LogP contribution in [0.15, 0.2) is 42.6 Å². The molecule has 3 N–H and O–H groups in total. The molecule has 3 rings (SSSR count). The van der Waals surface area contributed by atoms with Crippen LogP contribution >= 0.6 is 0 Å². The quantitative estimate of drug-likeness (QED) is 0.737. The van der Waals surface area contributed by atoms with Crippen molar-refractivity contribution in [1.82, 2.24) is 15.6 Å². The summed E-state index contributed by atoms with van der Waals surface area (Å²) < 4.78 is 13.3. The molecule has 7 heteroatoms. The van der Waals surface area contributed by atoms with Crippen LogP contribution in [0.3, 0.4) is 0 Å². The van der Waals surface area contributed by atoms with E-state index in [0.717, 1.165) is 19.3 Å². The lowest BCUT2D eigenvalue weighted by Gasteiger charge is -2.30. The number of aromatic nitrogens is 1. The van der Waals surface area contributed by atoms with E-state index in [0.29, 0.717) is 23.2 Å². The highest BCUT2D eigenvalue weighted by atomic mass is 19.1. The highest BCUT2D eigenvalue weighted by molar-refractivity contribution is 5.94. The second kappa shape index (κ2) is 8.93. The average molecular weight is 385 g/mol. The fourth-order valence-electron chi connectivity index (χ4n) is 3.39. The van der Waals surface area contributed by atoms with Crippen molar-refractivity contribution in [3.63, 3.8) is 0 Å². The fraction of sp³-hybridized carbons (Fsp3) is 0.381. The van der Waals surface area contributed by atoms with Crippen molar-refractivity contribution in [2.75, 3.05) is 0 Å². The molecule has 28 heavy (non-hydrogen) atoms. The molecule has 1 aliphatic rings. The number of aliphatic hydroxyl groups excluding tert-OH is 1. The number of benzene rings is 1. The maximum absolute atomic E-state index is 13.3. The molecule has 6 nitrogen and oxygen atoms in total. The Morgan fingerprint density at radius 3 is 2.57 bits per heavy atom. The third kappa shape index (κ3) is 5.13. The lowest BCUT2D eigenvalue weighted by molar-refractivity contribution is -0.129. The van der Waals surface area contributed by atoms with Crippen molar-refractivity contribution in [2.45, 2.75) is 50.8 Å². The summed E-state index contributed by atoms with van der Waals surface area (Å²) in [7, 11) is 0. The number of hydrogen-bond donors (Lipinski definition) is 3. The van der Waals surface area contributed by atoms with Crippen molar-refractivity contribution in [2.24, 2.45) is 0 Å². The first-order valence-electron chi connectivity index (χ1n) is 9.43. The van der Waals surface area contributed by atoms with Gasteiger partial charge in [-0.05, 0) is 56.9 Å². The Morgan fingerprint density at radius 2 is 1.93 bits per heavy atom. The van der Waals surface area contributed by atoms with Crippen LogP contribution in [0.4, 0.5) is 4.39 Å². The van der Waals surface area contributed by atoms with Gasteiger partial charge in [-0.25, -0.2) is 4.39 Å². The second-order valence-electron chi connectivity index (χ2n) is 7.16. The van der Waals surface area contributed by atoms with Gasteiger partial charge < -0.3 is 15.7 Å². The van der Waals surface area contributed by atoms with Gasteiger partial charge in [0.25, 0.3) is 5.91 Å². The van der Waals surface area contributed by atoms with E-state index < -0.39 is 12.0 Å². The molecule has 0 saturated heterocycles. The molecular formula is C21H24FN3O3. The third-order valence-electron chi connectivity index (χ3n) is 4.88. The van der Waals surface area contributed by atoms with Crippen molar-refractivity contribution in [3.8, 4) is 11.3 Å². The Kier molecular flexibility index (Phi) is 6.36. The summed E-state index contributed by atoms with van der Waals surface area (Å²) in [6.45, 7) is 1.43. The van der Waals surface area contributed by atoms with Crippen molar-refractivity contribution in [1.29, 1.82) is 0 Å². The largest absolute Gasteiger partial charge is 0.384 e. The van der Waals surface area contributed by atoms with Gasteiger partial charge in [0, 0.05) is 23.8 Å². The van der Waals surface area contributed by atoms with E-state index in [1.165, 1.54) is 25.3 Å². The first-order chi connectivity index (χ1) is 13.4. The number of hydrogen-bond acceptors (Lipinski definition) is 4. The van der Waals surface area contributed by atoms with Gasteiger partial charge in [-0.3, -0.25) is 14.6 Å². The van der Waals surface area contributed by atoms with Crippen molar-refractivity contribution < 1.29 is 19.1 Å². The highest BCUT2D eigenvalue weighted by Gasteiger charge is 2.25. The standard InChI is InChI=1S/C21H24FN3O3/c1-13(26)20(27)24-17-6-3-7-18(11-17)25-21(28)15-8-9-19(23-12-15)14-4-2-5-16(22)10-14/h2,4-5,8-10,12-13,17-18,26H,3,6-7,11H2,1H3,(H,24,27)(H,25,28)/t13-,17+,18-/m0/s1. The summed E-state index contributed by atoms with van der Waals surface area (Å²) in [5.41, 5.74) is 1.67. The zero-order valence-electron chi connectivity index (χ0n) is 15.7. The van der Waals surface area contributed by atoms with Gasteiger partial charge in [0.1, 0.15) is 11.9 Å². The molecule has 1 saturated carbocycles. The molecule has 0 bridgehead atoms. The van der Waals surface area contributed by atoms with Crippen LogP contribution in [-0.2, 0) is 4.79 Å². The van der Waals surface area contributed by atoms with Crippen molar-refractivity contribution >= 4 is 11.8 Å². The molecule has 0 aliphatic heterocycles. The number of carbonyl (C=O) groups is 2. The SMILES string of the molecule is C[C@H](O)C(=O)N[C@@H]1CCC[C@H](NC(=O)c2ccc(-c3cccc(F)c3)nc2)C1. The van der Waals surface area contributed by atoms with Gasteiger partial charge in [0.15, 0.2) is 0 Å². The molecule has 2 amide bonds. The highest BCUT2D eigenvalue weighted by Crippen LogP contribution is 2.20. The number of nitrogens with one attached hydrogen (secondary N) is 2. The summed E-state index contributed by atoms with van der Waals surface area (Å²) in [6.07, 6.45) is 3.60. The van der Waals surface area contributed by atoms with Gasteiger partial charge >= 0.3 is 0 Å². The zero-order chi connectivity index (χ0) is 20.1. The summed E-state index contributed by atoms with van der Waals surface area (Å²) in [6, 6.07) is 9.38. The van der Waals surface area contributed by atoms with E-state index in [-0.39, 0.29) is 23.8 Å². The number of nitrogens with zero attached hydrogens (tertiary/aromatic N) is 1. The van der Waals surface area contributed by atoms with Crippen LogP contribution in [0.25, 0.3) is 11.3 Å². The number of carbonyl (C=O) groups excluding carboxylic acids is 2. The second-order valence-corrected chi connectivity index (χ2v) is 7.16. The Labute approximate surface area is 163 Å². The number of aliphatic hydroxyl groups is 1. The van der Waals surface area contributed by atoms with Gasteiger partial charge in [0.05, 0.1) is 11.3 Å². The molecule has 1 aliphatic carbocycles. The topological polar surface area (TPSA) is 91.3 Å². The molecule has 148 valence electrons. The maximum Gasteiger partial charge on any atom is 0.253 e. The minimum absolute atomic E-state index is 0.0524. The minimum Gasteiger partial charge on any atom is -0.384 e. The predicted octanol–water partition coefficient (Wildman–Crippen LogP) is 2.43. The monoisotopic (exact) mass is 385 g/mol. The smallest absolute Gasteiger partial charge is 0.253 e. The maximum atomic E-state index is 13.3. The lowest BCUT2D eigenvalue weighted by Crippen LogP contribution is -2.47. The first kappa shape index (κ1) is 19.9. The molecule has 1 fully saturated rings. The van der Waals surface area contributed by atoms with E-state index in [1.807, 2.05) is 0 Å². The Balaban J connectivity index is 1.59. The Bertz CT molecular complexity index is 839. The van der Waals surface area contributed by atoms with Gasteiger partial charge in [-0.15, -0.1) is 0 Å². The third-order valence-corrected chi connectivity index (χ3v) is 4.88. The summed E-state index contributed by atoms with van der Waals surface area (Å²) in [5, 5.41) is 15.1. The molecule has 3 atom stereocenters. The van der Waals surface area contributed by atoms with Gasteiger partial charge in [0.2, 0.25) is 5.91 Å². The van der Waals surface area contributed by atoms with Gasteiger partial charge in [-0.1, -0.05) is 12.1 Å². The molecular weight excluding hydrogens is 361 g/mol. The molecule has 1 aromatic heterocycles. The number of rotatable bonds is 5. The fourth-order valence-corrected chi connectivity index (χ4v) is 3.39. The molecule has 2 aromatic rings. The van der Waals surface area contributed by atoms with Gasteiger partial charge in [-0.2, -0.15) is 0 Å². The van der Waals surface area contributed by atoms with E-state index in [4.69, 9.17) is 0 Å². The number of amides is 2.